The Balaban J connectivity index is 1.48. The minimum Gasteiger partial charge on any atom is -0.423 e. The van der Waals surface area contributed by atoms with E-state index in [9.17, 15) is 14.4 Å². The molecule has 3 aromatic rings. The van der Waals surface area contributed by atoms with Gasteiger partial charge in [0.05, 0.1) is 11.3 Å². The van der Waals surface area contributed by atoms with E-state index in [4.69, 9.17) is 27.9 Å². The number of hydrogen-bond donors (Lipinski definition) is 1. The lowest BCUT2D eigenvalue weighted by atomic mass is 10.2. The average Bonchev–Trinajstić information content (AvgIpc) is 3.01. The zero-order valence-electron chi connectivity index (χ0n) is 17.1. The van der Waals surface area contributed by atoms with E-state index in [1.807, 2.05) is 19.1 Å². The maximum atomic E-state index is 12.9. The second kappa shape index (κ2) is 9.54. The predicted octanol–water partition coefficient (Wildman–Crippen LogP) is 5.91. The predicted molar refractivity (Wildman–Crippen MR) is 136 cm³/mol. The van der Waals surface area contributed by atoms with Crippen LogP contribution in [0.2, 0.25) is 5.02 Å². The molecular weight excluding hydrogens is 578 g/mol. The molecule has 33 heavy (non-hydrogen) atoms. The van der Waals surface area contributed by atoms with Gasteiger partial charge < -0.3 is 10.1 Å². The number of hydrogen-bond acceptors (Lipinski definition) is 5. The number of ether oxygens (including phenoxy) is 1. The van der Waals surface area contributed by atoms with Gasteiger partial charge in [0.25, 0.3) is 11.8 Å². The van der Waals surface area contributed by atoms with Gasteiger partial charge >= 0.3 is 5.97 Å². The van der Waals surface area contributed by atoms with E-state index in [0.29, 0.717) is 27.7 Å². The lowest BCUT2D eigenvalue weighted by molar-refractivity contribution is -0.120. The molecule has 3 aromatic carbocycles. The third-order valence-electron chi connectivity index (χ3n) is 4.86. The summed E-state index contributed by atoms with van der Waals surface area (Å²) in [5, 5.41) is 3.06. The minimum absolute atomic E-state index is 0.0624. The Morgan fingerprint density at radius 1 is 0.939 bits per heavy atom. The molecule has 0 spiro atoms. The van der Waals surface area contributed by atoms with Crippen molar-refractivity contribution in [2.24, 2.45) is 0 Å². The second-order valence-electron chi connectivity index (χ2n) is 7.11. The zero-order chi connectivity index (χ0) is 23.7. The summed E-state index contributed by atoms with van der Waals surface area (Å²) < 4.78 is 6.38. The maximum absolute atomic E-state index is 12.9. The van der Waals surface area contributed by atoms with Gasteiger partial charge in [0.1, 0.15) is 16.5 Å². The Hall–Kier alpha value is -2.88. The van der Waals surface area contributed by atoms with E-state index >= 15 is 0 Å². The van der Waals surface area contributed by atoms with E-state index in [1.165, 1.54) is 6.07 Å². The molecule has 0 fully saturated rings. The fourth-order valence-corrected chi connectivity index (χ4v) is 3.82. The topological polar surface area (TPSA) is 75.7 Å². The first-order valence-corrected chi connectivity index (χ1v) is 11.5. The summed E-state index contributed by atoms with van der Waals surface area (Å²) in [5.74, 6) is -1.34. The number of anilines is 2. The van der Waals surface area contributed by atoms with Crippen LogP contribution in [0, 0.1) is 10.5 Å². The molecule has 0 saturated carbocycles. The summed E-state index contributed by atoms with van der Waals surface area (Å²) in [6.45, 7) is 1.82. The Morgan fingerprint density at radius 2 is 1.61 bits per heavy atom. The number of carbonyl (C=O) groups is 3. The number of rotatable bonds is 5. The van der Waals surface area contributed by atoms with Crippen molar-refractivity contribution < 1.29 is 19.1 Å². The highest BCUT2D eigenvalue weighted by atomic mass is 127. The van der Waals surface area contributed by atoms with Crippen molar-refractivity contribution in [3.63, 3.8) is 0 Å². The van der Waals surface area contributed by atoms with Crippen molar-refractivity contribution in [3.05, 3.63) is 97.2 Å². The van der Waals surface area contributed by atoms with Gasteiger partial charge in [0.2, 0.25) is 0 Å². The van der Waals surface area contributed by atoms with Crippen molar-refractivity contribution in [2.75, 3.05) is 10.2 Å². The molecule has 0 aliphatic carbocycles. The molecule has 166 valence electrons. The zero-order valence-corrected chi connectivity index (χ0v) is 20.7. The van der Waals surface area contributed by atoms with E-state index in [2.05, 4.69) is 27.9 Å². The first kappa shape index (κ1) is 23.3. The van der Waals surface area contributed by atoms with Crippen LogP contribution in [0.5, 0.6) is 5.75 Å². The molecule has 1 heterocycles. The summed E-state index contributed by atoms with van der Waals surface area (Å²) in [6, 6.07) is 18.2. The first-order valence-electron chi connectivity index (χ1n) is 9.64. The van der Waals surface area contributed by atoms with Crippen LogP contribution >= 0.6 is 45.8 Å². The second-order valence-corrected chi connectivity index (χ2v) is 9.14. The van der Waals surface area contributed by atoms with Crippen molar-refractivity contribution in [3.8, 4) is 5.75 Å². The number of aryl methyl sites for hydroxylation is 1. The lowest BCUT2D eigenvalue weighted by Gasteiger charge is -2.16. The Bertz CT molecular complexity index is 1310. The van der Waals surface area contributed by atoms with Gasteiger partial charge in [-0.15, -0.1) is 0 Å². The van der Waals surface area contributed by atoms with Gasteiger partial charge in [0, 0.05) is 14.3 Å². The number of nitrogens with one attached hydrogen (secondary N) is 1. The van der Waals surface area contributed by atoms with Gasteiger partial charge in [-0.2, -0.15) is 0 Å². The SMILES string of the molecule is Cc1ccc(N2C(=O)C(Cl)=C(Nc3ccc(C(=O)Oc4ccc(I)cc4)cc3)C2=O)cc1Cl. The average molecular weight is 593 g/mol. The fourth-order valence-electron chi connectivity index (χ4n) is 3.07. The summed E-state index contributed by atoms with van der Waals surface area (Å²) in [4.78, 5) is 38.9. The fraction of sp³-hybridized carbons (Fsp3) is 0.0417. The quantitative estimate of drug-likeness (QED) is 0.173. The number of amides is 2. The van der Waals surface area contributed by atoms with Crippen LogP contribution in [0.3, 0.4) is 0 Å². The Kier molecular flexibility index (Phi) is 6.73. The van der Waals surface area contributed by atoms with Crippen molar-refractivity contribution >= 4 is 75.0 Å². The third-order valence-corrected chi connectivity index (χ3v) is 6.33. The van der Waals surface area contributed by atoms with Crippen LogP contribution < -0.4 is 15.0 Å². The molecular formula is C24H15Cl2IN2O4. The Morgan fingerprint density at radius 3 is 2.24 bits per heavy atom. The van der Waals surface area contributed by atoms with Gasteiger partial charge in [-0.25, -0.2) is 9.69 Å². The smallest absolute Gasteiger partial charge is 0.343 e. The molecule has 0 saturated heterocycles. The number of carbonyl (C=O) groups excluding carboxylic acids is 3. The van der Waals surface area contributed by atoms with Gasteiger partial charge in [-0.3, -0.25) is 9.59 Å². The highest BCUT2D eigenvalue weighted by Gasteiger charge is 2.39. The molecule has 1 aliphatic rings. The number of halogens is 3. The standard InChI is InChI=1S/C24H15Cl2IN2O4/c1-13-2-9-17(12-19(13)25)29-22(30)20(26)21(23(29)31)28-16-7-3-14(4-8-16)24(32)33-18-10-5-15(27)6-11-18/h2-12,28H,1H3. The van der Waals surface area contributed by atoms with Crippen molar-refractivity contribution in [1.82, 2.24) is 0 Å². The van der Waals surface area contributed by atoms with Crippen LogP contribution in [0.1, 0.15) is 15.9 Å². The van der Waals surface area contributed by atoms with Gasteiger partial charge in [0.15, 0.2) is 0 Å². The van der Waals surface area contributed by atoms with Crippen LogP contribution in [0.4, 0.5) is 11.4 Å². The molecule has 0 atom stereocenters. The highest BCUT2D eigenvalue weighted by Crippen LogP contribution is 2.32. The number of nitrogens with zero attached hydrogens (tertiary/aromatic N) is 1. The van der Waals surface area contributed by atoms with Gasteiger partial charge in [-0.1, -0.05) is 29.3 Å². The number of esters is 1. The largest absolute Gasteiger partial charge is 0.423 e. The van der Waals surface area contributed by atoms with Gasteiger partial charge in [-0.05, 0) is 95.7 Å². The molecule has 0 aromatic heterocycles. The molecule has 4 rings (SSSR count). The van der Waals surface area contributed by atoms with E-state index < -0.39 is 17.8 Å². The van der Waals surface area contributed by atoms with Crippen LogP contribution in [-0.4, -0.2) is 17.8 Å². The first-order chi connectivity index (χ1) is 15.7. The van der Waals surface area contributed by atoms with Crippen LogP contribution in [-0.2, 0) is 9.59 Å². The molecule has 2 amide bonds. The summed E-state index contributed by atoms with van der Waals surface area (Å²) in [6.07, 6.45) is 0. The maximum Gasteiger partial charge on any atom is 0.343 e. The summed E-state index contributed by atoms with van der Waals surface area (Å²) >= 11 is 14.5. The molecule has 6 nitrogen and oxygen atoms in total. The van der Waals surface area contributed by atoms with E-state index in [1.54, 1.807) is 48.5 Å². The van der Waals surface area contributed by atoms with Crippen LogP contribution in [0.15, 0.2) is 77.5 Å². The van der Waals surface area contributed by atoms with Crippen LogP contribution in [0.25, 0.3) is 0 Å². The highest BCUT2D eigenvalue weighted by molar-refractivity contribution is 14.1. The van der Waals surface area contributed by atoms with Crippen molar-refractivity contribution in [1.29, 1.82) is 0 Å². The minimum atomic E-state index is -0.651. The van der Waals surface area contributed by atoms with E-state index in [0.717, 1.165) is 14.0 Å². The molecule has 9 heteroatoms. The molecule has 1 aliphatic heterocycles. The van der Waals surface area contributed by atoms with Crippen molar-refractivity contribution in [2.45, 2.75) is 6.92 Å². The van der Waals surface area contributed by atoms with E-state index in [-0.39, 0.29) is 10.7 Å². The molecule has 0 bridgehead atoms. The summed E-state index contributed by atoms with van der Waals surface area (Å²) in [5.41, 5.74) is 1.87. The molecule has 0 radical (unpaired) electrons. The molecule has 1 N–H and O–H groups in total. The number of imide groups is 1. The third kappa shape index (κ3) is 4.90. The number of benzene rings is 3. The monoisotopic (exact) mass is 592 g/mol. The Labute approximate surface area is 213 Å². The lowest BCUT2D eigenvalue weighted by Crippen LogP contribution is -2.32. The molecule has 0 unspecified atom stereocenters. The normalized spacial score (nSPS) is 13.5. The summed E-state index contributed by atoms with van der Waals surface area (Å²) in [7, 11) is 0.